The molecule has 122 valence electrons. The van der Waals surface area contributed by atoms with E-state index in [0.29, 0.717) is 30.1 Å². The molecule has 5 nitrogen and oxygen atoms in total. The van der Waals surface area contributed by atoms with E-state index < -0.39 is 0 Å². The van der Waals surface area contributed by atoms with Gasteiger partial charge in [-0.3, -0.25) is 9.78 Å². The van der Waals surface area contributed by atoms with Gasteiger partial charge in [0, 0.05) is 18.8 Å². The van der Waals surface area contributed by atoms with Crippen molar-refractivity contribution in [2.75, 3.05) is 0 Å². The number of carbonyl (C=O) groups is 1. The fraction of sp³-hybridized carbons (Fsp3) is 0.211. The third-order valence-electron chi connectivity index (χ3n) is 3.84. The number of amides is 1. The van der Waals surface area contributed by atoms with Gasteiger partial charge in [-0.1, -0.05) is 37.3 Å². The Hall–Kier alpha value is -2.95. The summed E-state index contributed by atoms with van der Waals surface area (Å²) in [7, 11) is 0. The van der Waals surface area contributed by atoms with Crippen molar-refractivity contribution in [3.8, 4) is 11.5 Å². The number of hydrogen-bond donors (Lipinski definition) is 1. The summed E-state index contributed by atoms with van der Waals surface area (Å²) in [6.45, 7) is 2.37. The van der Waals surface area contributed by atoms with Crippen LogP contribution in [0.4, 0.5) is 0 Å². The van der Waals surface area contributed by atoms with Crippen molar-refractivity contribution in [3.63, 3.8) is 0 Å². The van der Waals surface area contributed by atoms with Crippen LogP contribution in [0.2, 0.25) is 0 Å². The fourth-order valence-electron chi connectivity index (χ4n) is 2.55. The lowest BCUT2D eigenvalue weighted by molar-refractivity contribution is -0.121. The van der Waals surface area contributed by atoms with Crippen molar-refractivity contribution in [3.05, 3.63) is 72.4 Å². The minimum absolute atomic E-state index is 0.0117. The van der Waals surface area contributed by atoms with E-state index in [1.54, 1.807) is 24.7 Å². The summed E-state index contributed by atoms with van der Waals surface area (Å²) in [6, 6.07) is 13.6. The lowest BCUT2D eigenvalue weighted by Crippen LogP contribution is -2.25. The third kappa shape index (κ3) is 3.87. The van der Waals surface area contributed by atoms with E-state index in [4.69, 9.17) is 4.42 Å². The molecule has 0 bridgehead atoms. The molecule has 1 N–H and O–H groups in total. The van der Waals surface area contributed by atoms with Crippen LogP contribution in [0, 0.1) is 0 Å². The van der Waals surface area contributed by atoms with Crippen LogP contribution in [0.3, 0.4) is 0 Å². The summed E-state index contributed by atoms with van der Waals surface area (Å²) in [5.41, 5.74) is 2.50. The summed E-state index contributed by atoms with van der Waals surface area (Å²) in [4.78, 5) is 20.8. The average molecular weight is 321 g/mol. The maximum atomic E-state index is 12.2. The van der Waals surface area contributed by atoms with Crippen LogP contribution in [-0.2, 0) is 11.3 Å². The topological polar surface area (TPSA) is 68.0 Å². The largest absolute Gasteiger partial charge is 0.463 e. The van der Waals surface area contributed by atoms with E-state index in [9.17, 15) is 4.79 Å². The number of hydrogen-bond acceptors (Lipinski definition) is 4. The van der Waals surface area contributed by atoms with Crippen LogP contribution >= 0.6 is 0 Å². The highest BCUT2D eigenvalue weighted by Crippen LogP contribution is 2.21. The van der Waals surface area contributed by atoms with Crippen molar-refractivity contribution < 1.29 is 9.21 Å². The van der Waals surface area contributed by atoms with Crippen molar-refractivity contribution in [2.45, 2.75) is 25.8 Å². The third-order valence-corrected chi connectivity index (χ3v) is 3.84. The lowest BCUT2D eigenvalue weighted by atomic mass is 9.97. The molecule has 1 unspecified atom stereocenters. The maximum absolute atomic E-state index is 12.2. The minimum Gasteiger partial charge on any atom is -0.463 e. The quantitative estimate of drug-likeness (QED) is 0.754. The van der Waals surface area contributed by atoms with E-state index in [1.807, 2.05) is 43.3 Å². The number of rotatable bonds is 6. The summed E-state index contributed by atoms with van der Waals surface area (Å²) in [5.74, 6) is 0.796. The Labute approximate surface area is 140 Å². The molecule has 24 heavy (non-hydrogen) atoms. The molecule has 1 aromatic carbocycles. The molecule has 0 spiro atoms. The van der Waals surface area contributed by atoms with Gasteiger partial charge in [-0.05, 0) is 23.6 Å². The molecule has 3 rings (SSSR count). The molecule has 2 aromatic heterocycles. The van der Waals surface area contributed by atoms with Crippen molar-refractivity contribution >= 4 is 5.91 Å². The monoisotopic (exact) mass is 321 g/mol. The van der Waals surface area contributed by atoms with Gasteiger partial charge >= 0.3 is 0 Å². The minimum atomic E-state index is -0.0117. The first-order valence-corrected chi connectivity index (χ1v) is 7.89. The Bertz CT molecular complexity index is 785. The normalized spacial score (nSPS) is 11.9. The second-order valence-corrected chi connectivity index (χ2v) is 5.62. The van der Waals surface area contributed by atoms with Crippen LogP contribution in [0.5, 0.6) is 0 Å². The zero-order valence-corrected chi connectivity index (χ0v) is 13.5. The Balaban J connectivity index is 1.61. The lowest BCUT2D eigenvalue weighted by Gasteiger charge is -2.12. The predicted molar refractivity (Wildman–Crippen MR) is 91.1 cm³/mol. The molecule has 0 saturated heterocycles. The average Bonchev–Trinajstić information content (AvgIpc) is 3.15. The van der Waals surface area contributed by atoms with Crippen LogP contribution in [-0.4, -0.2) is 15.9 Å². The fourth-order valence-corrected chi connectivity index (χ4v) is 2.55. The highest BCUT2D eigenvalue weighted by Gasteiger charge is 2.14. The molecule has 2 heterocycles. The van der Waals surface area contributed by atoms with Gasteiger partial charge in [-0.15, -0.1) is 0 Å². The Morgan fingerprint density at radius 3 is 2.67 bits per heavy atom. The Morgan fingerprint density at radius 1 is 1.12 bits per heavy atom. The Morgan fingerprint density at radius 2 is 1.92 bits per heavy atom. The highest BCUT2D eigenvalue weighted by molar-refractivity contribution is 5.77. The second kappa shape index (κ2) is 7.55. The highest BCUT2D eigenvalue weighted by atomic mass is 16.3. The van der Waals surface area contributed by atoms with Gasteiger partial charge in [-0.25, -0.2) is 4.98 Å². The van der Waals surface area contributed by atoms with Gasteiger partial charge in [-0.2, -0.15) is 0 Å². The number of nitrogens with zero attached hydrogens (tertiary/aromatic N) is 2. The zero-order chi connectivity index (χ0) is 16.8. The molecule has 5 heteroatoms. The Kier molecular flexibility index (Phi) is 5.01. The SMILES string of the molecule is CC(CC(=O)NCc1nccnc1-c1ccco1)c1ccccc1. The number of furan rings is 1. The van der Waals surface area contributed by atoms with Crippen molar-refractivity contribution in [2.24, 2.45) is 0 Å². The molecule has 0 fully saturated rings. The van der Waals surface area contributed by atoms with Crippen molar-refractivity contribution in [1.82, 2.24) is 15.3 Å². The molecule has 1 amide bonds. The van der Waals surface area contributed by atoms with Crippen LogP contribution in [0.25, 0.3) is 11.5 Å². The van der Waals surface area contributed by atoms with E-state index >= 15 is 0 Å². The number of carbonyl (C=O) groups excluding carboxylic acids is 1. The van der Waals surface area contributed by atoms with Gasteiger partial charge in [0.25, 0.3) is 0 Å². The predicted octanol–water partition coefficient (Wildman–Crippen LogP) is 3.55. The van der Waals surface area contributed by atoms with E-state index in [-0.39, 0.29) is 11.8 Å². The second-order valence-electron chi connectivity index (χ2n) is 5.62. The van der Waals surface area contributed by atoms with Gasteiger partial charge in [0.05, 0.1) is 18.5 Å². The van der Waals surface area contributed by atoms with Crippen molar-refractivity contribution in [1.29, 1.82) is 0 Å². The summed E-state index contributed by atoms with van der Waals surface area (Å²) >= 11 is 0. The van der Waals surface area contributed by atoms with E-state index in [1.165, 1.54) is 0 Å². The molecule has 0 radical (unpaired) electrons. The zero-order valence-electron chi connectivity index (χ0n) is 13.5. The first kappa shape index (κ1) is 15.9. The molecule has 0 aliphatic heterocycles. The number of aromatic nitrogens is 2. The van der Waals surface area contributed by atoms with E-state index in [0.717, 1.165) is 5.56 Å². The van der Waals surface area contributed by atoms with Gasteiger partial charge in [0.2, 0.25) is 5.91 Å². The number of benzene rings is 1. The molecule has 3 aromatic rings. The molecule has 0 saturated carbocycles. The first-order valence-electron chi connectivity index (χ1n) is 7.89. The number of nitrogens with one attached hydrogen (secondary N) is 1. The van der Waals surface area contributed by atoms with Gasteiger partial charge < -0.3 is 9.73 Å². The van der Waals surface area contributed by atoms with Crippen LogP contribution in [0.15, 0.2) is 65.5 Å². The summed E-state index contributed by atoms with van der Waals surface area (Å²) < 4.78 is 5.37. The van der Waals surface area contributed by atoms with Crippen LogP contribution < -0.4 is 5.32 Å². The smallest absolute Gasteiger partial charge is 0.220 e. The standard InChI is InChI=1S/C19H19N3O2/c1-14(15-6-3-2-4-7-15)12-18(23)22-13-16-19(21-10-9-20-16)17-8-5-11-24-17/h2-11,14H,12-13H2,1H3,(H,22,23). The van der Waals surface area contributed by atoms with Gasteiger partial charge in [0.1, 0.15) is 5.69 Å². The van der Waals surface area contributed by atoms with Gasteiger partial charge in [0.15, 0.2) is 5.76 Å². The molecular formula is C19H19N3O2. The molecular weight excluding hydrogens is 302 g/mol. The maximum Gasteiger partial charge on any atom is 0.220 e. The first-order chi connectivity index (χ1) is 11.7. The summed E-state index contributed by atoms with van der Waals surface area (Å²) in [5, 5.41) is 2.92. The molecule has 0 aliphatic rings. The molecule has 1 atom stereocenters. The van der Waals surface area contributed by atoms with Crippen LogP contribution in [0.1, 0.15) is 30.5 Å². The summed E-state index contributed by atoms with van der Waals surface area (Å²) in [6.07, 6.45) is 5.25. The molecule has 0 aliphatic carbocycles. The van der Waals surface area contributed by atoms with E-state index in [2.05, 4.69) is 15.3 Å².